The Morgan fingerprint density at radius 2 is 2.13 bits per heavy atom. The molecular formula is C13H11ClF2N2O3S2. The average Bonchev–Trinajstić information content (AvgIpc) is 3.06. The van der Waals surface area contributed by atoms with Gasteiger partial charge in [0.1, 0.15) is 11.0 Å². The minimum absolute atomic E-state index is 0.178. The van der Waals surface area contributed by atoms with Gasteiger partial charge in [-0.1, -0.05) is 11.6 Å². The van der Waals surface area contributed by atoms with E-state index in [4.69, 9.17) is 16.7 Å². The van der Waals surface area contributed by atoms with Crippen LogP contribution in [0.5, 0.6) is 0 Å². The molecule has 2 aromatic rings. The second-order valence-corrected chi connectivity index (χ2v) is 7.08. The summed E-state index contributed by atoms with van der Waals surface area (Å²) in [6, 6.07) is 1.92. The van der Waals surface area contributed by atoms with Gasteiger partial charge in [-0.25, -0.2) is 18.6 Å². The summed E-state index contributed by atoms with van der Waals surface area (Å²) < 4.78 is 25.2. The van der Waals surface area contributed by atoms with Gasteiger partial charge >= 0.3 is 5.97 Å². The molecule has 0 bridgehead atoms. The number of carboxylic acids is 1. The summed E-state index contributed by atoms with van der Waals surface area (Å²) in [4.78, 5) is 27.7. The fourth-order valence-electron chi connectivity index (χ4n) is 1.74. The van der Waals surface area contributed by atoms with Crippen LogP contribution in [-0.2, 0) is 16.0 Å². The molecule has 2 aromatic heterocycles. The van der Waals surface area contributed by atoms with Crippen LogP contribution in [0.15, 0.2) is 17.5 Å². The van der Waals surface area contributed by atoms with E-state index in [1.807, 2.05) is 0 Å². The molecular weight excluding hydrogens is 370 g/mol. The van der Waals surface area contributed by atoms with Crippen LogP contribution >= 0.6 is 34.3 Å². The second kappa shape index (κ2) is 7.80. The number of amides is 1. The number of rotatable bonds is 7. The molecule has 0 saturated carbocycles. The molecule has 0 aliphatic heterocycles. The number of thiophene rings is 1. The van der Waals surface area contributed by atoms with Gasteiger partial charge in [-0.15, -0.1) is 22.7 Å². The van der Waals surface area contributed by atoms with Gasteiger partial charge in [0.25, 0.3) is 0 Å². The summed E-state index contributed by atoms with van der Waals surface area (Å²) in [6.45, 7) is 0. The predicted molar refractivity (Wildman–Crippen MR) is 84.3 cm³/mol. The summed E-state index contributed by atoms with van der Waals surface area (Å²) in [5.41, 5.74) is 0.438. The number of aliphatic carboxylic acids is 1. The summed E-state index contributed by atoms with van der Waals surface area (Å²) in [6.07, 6.45) is -3.93. The maximum Gasteiger partial charge on any atom is 0.326 e. The Kier molecular flexibility index (Phi) is 6.03. The highest BCUT2D eigenvalue weighted by Crippen LogP contribution is 2.32. The number of carboxylic acid groups (broad SMARTS) is 1. The Hall–Kier alpha value is -1.58. The van der Waals surface area contributed by atoms with E-state index in [9.17, 15) is 18.4 Å². The van der Waals surface area contributed by atoms with Gasteiger partial charge in [-0.3, -0.25) is 4.79 Å². The first kappa shape index (κ1) is 17.8. The van der Waals surface area contributed by atoms with Crippen molar-refractivity contribution in [3.8, 4) is 9.88 Å². The highest BCUT2D eigenvalue weighted by Gasteiger charge is 2.24. The number of nitrogens with zero attached hydrogens (tertiary/aromatic N) is 1. The molecule has 0 aliphatic rings. The van der Waals surface area contributed by atoms with Crippen LogP contribution in [0, 0.1) is 0 Å². The van der Waals surface area contributed by atoms with E-state index in [0.29, 0.717) is 15.0 Å². The Bertz CT molecular complexity index is 705. The van der Waals surface area contributed by atoms with Crippen molar-refractivity contribution in [3.05, 3.63) is 27.5 Å². The van der Waals surface area contributed by atoms with E-state index in [0.717, 1.165) is 4.88 Å². The quantitative estimate of drug-likeness (QED) is 0.772. The Labute approximate surface area is 142 Å². The standard InChI is InChI=1S/C13H11ClF2N2O3S2/c14-9-2-1-8(23-9)12-17-6(5-22-12)3-11(19)18-7(13(20)21)4-10(15)16/h1-2,5,7,10H,3-4H2,(H,18,19)(H,20,21). The van der Waals surface area contributed by atoms with Crippen LogP contribution < -0.4 is 5.32 Å². The summed E-state index contributed by atoms with van der Waals surface area (Å²) in [5.74, 6) is -2.16. The average molecular weight is 381 g/mol. The number of halogens is 3. The molecule has 0 radical (unpaired) electrons. The maximum atomic E-state index is 12.3. The minimum atomic E-state index is -2.81. The zero-order valence-corrected chi connectivity index (χ0v) is 13.9. The molecule has 10 heteroatoms. The molecule has 0 saturated heterocycles. The minimum Gasteiger partial charge on any atom is -0.480 e. The molecule has 2 heterocycles. The molecule has 2 rings (SSSR count). The van der Waals surface area contributed by atoms with E-state index in [2.05, 4.69) is 10.3 Å². The third kappa shape index (κ3) is 5.22. The molecule has 5 nitrogen and oxygen atoms in total. The van der Waals surface area contributed by atoms with Crippen LogP contribution in [0.1, 0.15) is 12.1 Å². The molecule has 0 spiro atoms. The highest BCUT2D eigenvalue weighted by atomic mass is 35.5. The van der Waals surface area contributed by atoms with Crippen LogP contribution in [0.4, 0.5) is 8.78 Å². The molecule has 2 N–H and O–H groups in total. The van der Waals surface area contributed by atoms with Crippen LogP contribution in [-0.4, -0.2) is 34.4 Å². The predicted octanol–water partition coefficient (Wildman–Crippen LogP) is 3.29. The van der Waals surface area contributed by atoms with E-state index in [1.165, 1.54) is 22.7 Å². The number of carbonyl (C=O) groups excluding carboxylic acids is 1. The van der Waals surface area contributed by atoms with Crippen molar-refractivity contribution < 1.29 is 23.5 Å². The number of alkyl halides is 2. The maximum absolute atomic E-state index is 12.3. The van der Waals surface area contributed by atoms with Crippen LogP contribution in [0.2, 0.25) is 4.34 Å². The molecule has 124 valence electrons. The summed E-state index contributed by atoms with van der Waals surface area (Å²) in [5, 5.41) is 13.2. The van der Waals surface area contributed by atoms with Gasteiger partial charge < -0.3 is 10.4 Å². The van der Waals surface area contributed by atoms with E-state index < -0.39 is 30.8 Å². The first-order chi connectivity index (χ1) is 10.8. The molecule has 0 aromatic carbocycles. The Morgan fingerprint density at radius 3 is 2.70 bits per heavy atom. The summed E-state index contributed by atoms with van der Waals surface area (Å²) >= 11 is 8.51. The first-order valence-electron chi connectivity index (χ1n) is 6.35. The van der Waals surface area contributed by atoms with Crippen molar-refractivity contribution in [3.63, 3.8) is 0 Å². The number of hydrogen-bond donors (Lipinski definition) is 2. The van der Waals surface area contributed by atoms with Crippen molar-refractivity contribution in [2.75, 3.05) is 0 Å². The fraction of sp³-hybridized carbons (Fsp3) is 0.308. The molecule has 1 atom stereocenters. The van der Waals surface area contributed by atoms with Crippen molar-refractivity contribution >= 4 is 46.2 Å². The number of aromatic nitrogens is 1. The number of nitrogens with one attached hydrogen (secondary N) is 1. The van der Waals surface area contributed by atoms with Crippen molar-refractivity contribution in [2.24, 2.45) is 0 Å². The van der Waals surface area contributed by atoms with Gasteiger partial charge in [-0.2, -0.15) is 0 Å². The molecule has 0 fully saturated rings. The Balaban J connectivity index is 1.97. The monoisotopic (exact) mass is 380 g/mol. The smallest absolute Gasteiger partial charge is 0.326 e. The topological polar surface area (TPSA) is 79.3 Å². The lowest BCUT2D eigenvalue weighted by molar-refractivity contribution is -0.142. The van der Waals surface area contributed by atoms with E-state index >= 15 is 0 Å². The number of thiazole rings is 1. The zero-order valence-electron chi connectivity index (χ0n) is 11.5. The largest absolute Gasteiger partial charge is 0.480 e. The molecule has 23 heavy (non-hydrogen) atoms. The van der Waals surface area contributed by atoms with Gasteiger partial charge in [0, 0.05) is 11.8 Å². The first-order valence-corrected chi connectivity index (χ1v) is 8.43. The zero-order chi connectivity index (χ0) is 17.0. The van der Waals surface area contributed by atoms with Crippen LogP contribution in [0.25, 0.3) is 9.88 Å². The molecule has 1 amide bonds. The van der Waals surface area contributed by atoms with Gasteiger partial charge in [0.2, 0.25) is 12.3 Å². The normalized spacial score (nSPS) is 12.3. The van der Waals surface area contributed by atoms with Crippen LogP contribution in [0.3, 0.4) is 0 Å². The van der Waals surface area contributed by atoms with Crippen molar-refractivity contribution in [1.82, 2.24) is 10.3 Å². The molecule has 1 unspecified atom stereocenters. The van der Waals surface area contributed by atoms with Gasteiger partial charge in [0.05, 0.1) is 21.3 Å². The van der Waals surface area contributed by atoms with Crippen molar-refractivity contribution in [1.29, 1.82) is 0 Å². The SMILES string of the molecule is O=C(Cc1csc(-c2ccc(Cl)s2)n1)NC(CC(F)F)C(=O)O. The fourth-order valence-corrected chi connectivity index (χ4v) is 3.67. The highest BCUT2D eigenvalue weighted by molar-refractivity contribution is 7.23. The van der Waals surface area contributed by atoms with E-state index in [1.54, 1.807) is 17.5 Å². The Morgan fingerprint density at radius 1 is 1.39 bits per heavy atom. The summed E-state index contributed by atoms with van der Waals surface area (Å²) in [7, 11) is 0. The molecule has 0 aliphatic carbocycles. The lowest BCUT2D eigenvalue weighted by Crippen LogP contribution is -2.42. The number of carbonyl (C=O) groups is 2. The van der Waals surface area contributed by atoms with Gasteiger partial charge in [-0.05, 0) is 12.1 Å². The van der Waals surface area contributed by atoms with Gasteiger partial charge in [0.15, 0.2) is 0 Å². The third-order valence-corrected chi connectivity index (χ3v) is 5.02. The lowest BCUT2D eigenvalue weighted by Gasteiger charge is -2.13. The van der Waals surface area contributed by atoms with E-state index in [-0.39, 0.29) is 6.42 Å². The lowest BCUT2D eigenvalue weighted by atomic mass is 10.2. The third-order valence-electron chi connectivity index (χ3n) is 2.72. The second-order valence-electron chi connectivity index (χ2n) is 4.51. The number of hydrogen-bond acceptors (Lipinski definition) is 5. The van der Waals surface area contributed by atoms with Crippen molar-refractivity contribution in [2.45, 2.75) is 25.3 Å².